The van der Waals surface area contributed by atoms with Gasteiger partial charge in [-0.25, -0.2) is 0 Å². The summed E-state index contributed by atoms with van der Waals surface area (Å²) in [5, 5.41) is 0. The second-order valence-electron chi connectivity index (χ2n) is 4.29. The van der Waals surface area contributed by atoms with Gasteiger partial charge < -0.3 is 4.18 Å². The Balaban J connectivity index is 2.91. The van der Waals surface area contributed by atoms with Crippen LogP contribution in [0, 0.1) is 0 Å². The molecule has 0 bridgehead atoms. The fraction of sp³-hybridized carbons (Fsp3) is 0.400. The molecule has 84 valence electrons. The van der Waals surface area contributed by atoms with Gasteiger partial charge in [-0.05, 0) is 23.1 Å². The molecule has 0 radical (unpaired) electrons. The highest BCUT2D eigenvalue weighted by molar-refractivity contribution is 7.81. The normalized spacial score (nSPS) is 12.5. The molecule has 0 atom stereocenters. The minimum atomic E-state index is -4.43. The summed E-state index contributed by atoms with van der Waals surface area (Å²) < 4.78 is 33.6. The molecule has 1 rings (SSSR count). The SMILES string of the molecule is CC(C)(C)c1ccc(OS(=O)(=O)O)cc1. The molecule has 0 aromatic heterocycles. The van der Waals surface area contributed by atoms with Crippen LogP contribution in [0.2, 0.25) is 0 Å². The van der Waals surface area contributed by atoms with Crippen molar-refractivity contribution in [2.75, 3.05) is 0 Å². The van der Waals surface area contributed by atoms with E-state index in [0.717, 1.165) is 5.56 Å². The highest BCUT2D eigenvalue weighted by Crippen LogP contribution is 2.24. The van der Waals surface area contributed by atoms with E-state index >= 15 is 0 Å². The Morgan fingerprint density at radius 1 is 1.13 bits per heavy atom. The molecule has 4 nitrogen and oxygen atoms in total. The van der Waals surface area contributed by atoms with Crippen LogP contribution in [0.3, 0.4) is 0 Å². The third kappa shape index (κ3) is 3.89. The first kappa shape index (κ1) is 12.0. The summed E-state index contributed by atoms with van der Waals surface area (Å²) >= 11 is 0. The molecule has 0 aliphatic carbocycles. The van der Waals surface area contributed by atoms with Gasteiger partial charge in [0.05, 0.1) is 0 Å². The molecule has 0 saturated heterocycles. The largest absolute Gasteiger partial charge is 0.446 e. The lowest BCUT2D eigenvalue weighted by Gasteiger charge is -2.18. The Morgan fingerprint density at radius 2 is 1.60 bits per heavy atom. The molecule has 1 aromatic rings. The van der Waals surface area contributed by atoms with Gasteiger partial charge in [-0.15, -0.1) is 0 Å². The van der Waals surface area contributed by atoms with Gasteiger partial charge in [-0.1, -0.05) is 32.9 Å². The van der Waals surface area contributed by atoms with Crippen molar-refractivity contribution >= 4 is 10.4 Å². The van der Waals surface area contributed by atoms with E-state index in [1.54, 1.807) is 12.1 Å². The number of hydrogen-bond acceptors (Lipinski definition) is 3. The van der Waals surface area contributed by atoms with E-state index < -0.39 is 10.4 Å². The monoisotopic (exact) mass is 230 g/mol. The maximum Gasteiger partial charge on any atom is 0.446 e. The summed E-state index contributed by atoms with van der Waals surface area (Å²) in [5.74, 6) is 0.102. The first-order valence-electron chi connectivity index (χ1n) is 4.46. The predicted octanol–water partition coefficient (Wildman–Crippen LogP) is 2.17. The summed E-state index contributed by atoms with van der Waals surface area (Å²) in [7, 11) is -4.43. The standard InChI is InChI=1S/C10H14O4S/c1-10(2,3)8-4-6-9(7-5-8)14-15(11,12)13/h4-7H,1-3H3,(H,11,12,13). The molecule has 15 heavy (non-hydrogen) atoms. The minimum absolute atomic E-state index is 0.00335. The second-order valence-corrected chi connectivity index (χ2v) is 5.31. The van der Waals surface area contributed by atoms with Crippen molar-refractivity contribution < 1.29 is 17.2 Å². The van der Waals surface area contributed by atoms with Crippen molar-refractivity contribution in [2.24, 2.45) is 0 Å². The van der Waals surface area contributed by atoms with E-state index in [1.165, 1.54) is 12.1 Å². The second kappa shape index (κ2) is 3.83. The number of hydrogen-bond donors (Lipinski definition) is 1. The molecule has 0 heterocycles. The van der Waals surface area contributed by atoms with E-state index in [-0.39, 0.29) is 11.2 Å². The van der Waals surface area contributed by atoms with Gasteiger partial charge in [-0.3, -0.25) is 4.55 Å². The van der Waals surface area contributed by atoms with Crippen LogP contribution >= 0.6 is 0 Å². The lowest BCUT2D eigenvalue weighted by Crippen LogP contribution is -2.11. The Bertz CT molecular complexity index is 425. The minimum Gasteiger partial charge on any atom is -0.362 e. The van der Waals surface area contributed by atoms with Gasteiger partial charge in [0.15, 0.2) is 0 Å². The Morgan fingerprint density at radius 3 is 1.93 bits per heavy atom. The molecule has 1 N–H and O–H groups in total. The van der Waals surface area contributed by atoms with E-state index in [0.29, 0.717) is 0 Å². The Kier molecular flexibility index (Phi) is 3.06. The molecule has 0 spiro atoms. The first-order chi connectivity index (χ1) is 6.68. The summed E-state index contributed by atoms with van der Waals surface area (Å²) in [4.78, 5) is 0. The van der Waals surface area contributed by atoms with Gasteiger partial charge in [-0.2, -0.15) is 8.42 Å². The van der Waals surface area contributed by atoms with Crippen LogP contribution in [0.5, 0.6) is 5.75 Å². The quantitative estimate of drug-likeness (QED) is 0.791. The van der Waals surface area contributed by atoms with Crippen LogP contribution in [0.1, 0.15) is 26.3 Å². The maximum atomic E-state index is 10.4. The molecular weight excluding hydrogens is 216 g/mol. The molecule has 1 aromatic carbocycles. The van der Waals surface area contributed by atoms with Crippen LogP contribution in [0.25, 0.3) is 0 Å². The molecule has 0 saturated carbocycles. The third-order valence-corrected chi connectivity index (χ3v) is 2.32. The van der Waals surface area contributed by atoms with E-state index in [1.807, 2.05) is 20.8 Å². The first-order valence-corrected chi connectivity index (χ1v) is 5.82. The molecule has 0 fully saturated rings. The number of benzene rings is 1. The Hall–Kier alpha value is -1.07. The zero-order valence-electron chi connectivity index (χ0n) is 8.89. The lowest BCUT2D eigenvalue weighted by molar-refractivity contribution is 0.386. The van der Waals surface area contributed by atoms with Crippen LogP contribution in [-0.4, -0.2) is 13.0 Å². The van der Waals surface area contributed by atoms with Crippen molar-refractivity contribution in [3.8, 4) is 5.75 Å². The zero-order valence-corrected chi connectivity index (χ0v) is 9.71. The maximum absolute atomic E-state index is 10.4. The molecule has 0 amide bonds. The predicted molar refractivity (Wildman–Crippen MR) is 57.3 cm³/mol. The highest BCUT2D eigenvalue weighted by atomic mass is 32.3. The topological polar surface area (TPSA) is 63.6 Å². The lowest BCUT2D eigenvalue weighted by atomic mass is 9.87. The summed E-state index contributed by atoms with van der Waals surface area (Å²) in [6.07, 6.45) is 0. The smallest absolute Gasteiger partial charge is 0.362 e. The van der Waals surface area contributed by atoms with Gasteiger partial charge >= 0.3 is 10.4 Å². The average Bonchev–Trinajstić information content (AvgIpc) is 2.00. The van der Waals surface area contributed by atoms with Gasteiger partial charge in [0, 0.05) is 0 Å². The van der Waals surface area contributed by atoms with Crippen LogP contribution in [0.15, 0.2) is 24.3 Å². The molecule has 0 aliphatic heterocycles. The van der Waals surface area contributed by atoms with Crippen molar-refractivity contribution in [1.29, 1.82) is 0 Å². The summed E-state index contributed by atoms with van der Waals surface area (Å²) in [5.41, 5.74) is 1.06. The van der Waals surface area contributed by atoms with Crippen LogP contribution in [-0.2, 0) is 15.8 Å². The average molecular weight is 230 g/mol. The van der Waals surface area contributed by atoms with Crippen LogP contribution < -0.4 is 4.18 Å². The van der Waals surface area contributed by atoms with E-state index in [9.17, 15) is 8.42 Å². The van der Waals surface area contributed by atoms with E-state index in [2.05, 4.69) is 4.18 Å². The van der Waals surface area contributed by atoms with Crippen molar-refractivity contribution in [2.45, 2.75) is 26.2 Å². The van der Waals surface area contributed by atoms with Crippen molar-refractivity contribution in [1.82, 2.24) is 0 Å². The molecule has 5 heteroatoms. The van der Waals surface area contributed by atoms with Crippen molar-refractivity contribution in [3.05, 3.63) is 29.8 Å². The van der Waals surface area contributed by atoms with E-state index in [4.69, 9.17) is 4.55 Å². The van der Waals surface area contributed by atoms with Gasteiger partial charge in [0.25, 0.3) is 0 Å². The molecular formula is C10H14O4S. The van der Waals surface area contributed by atoms with Gasteiger partial charge in [0.1, 0.15) is 5.75 Å². The fourth-order valence-corrected chi connectivity index (χ4v) is 1.49. The fourth-order valence-electron chi connectivity index (χ4n) is 1.13. The van der Waals surface area contributed by atoms with Crippen LogP contribution in [0.4, 0.5) is 0 Å². The summed E-state index contributed by atoms with van der Waals surface area (Å²) in [6, 6.07) is 6.55. The number of rotatable bonds is 2. The summed E-state index contributed by atoms with van der Waals surface area (Å²) in [6.45, 7) is 6.14. The van der Waals surface area contributed by atoms with Crippen molar-refractivity contribution in [3.63, 3.8) is 0 Å². The highest BCUT2D eigenvalue weighted by Gasteiger charge is 2.14. The molecule has 0 unspecified atom stereocenters. The third-order valence-electron chi connectivity index (χ3n) is 1.92. The zero-order chi connectivity index (χ0) is 11.7. The Labute approximate surface area is 89.8 Å². The van der Waals surface area contributed by atoms with Gasteiger partial charge in [0.2, 0.25) is 0 Å². The molecule has 0 aliphatic rings.